The van der Waals surface area contributed by atoms with Crippen molar-refractivity contribution in [2.45, 2.75) is 212 Å². The molecule has 50 nitrogen and oxygen atoms in total. The summed E-state index contributed by atoms with van der Waals surface area (Å²) in [6.45, 7) is 0.529. The normalized spacial score (nSPS) is 25.1. The smallest absolute Gasteiger partial charge is 0.305 e. The number of nitrogens with one attached hydrogen (secondary N) is 19. The predicted molar refractivity (Wildman–Crippen MR) is 476 cm³/mol. The molecule has 5 rings (SSSR count). The van der Waals surface area contributed by atoms with Gasteiger partial charge in [0, 0.05) is 67.0 Å². The summed E-state index contributed by atoms with van der Waals surface area (Å²) in [4.78, 5) is 282. The minimum atomic E-state index is -2.12. The summed E-state index contributed by atoms with van der Waals surface area (Å²) in [5.41, 5.74) is 29.9. The van der Waals surface area contributed by atoms with E-state index in [2.05, 4.69) is 90.4 Å². The molecule has 3 aliphatic heterocycles. The number of guanidine groups is 2. The lowest BCUT2D eigenvalue weighted by Crippen LogP contribution is -2.62. The number of carbonyl (C=O) groups is 20. The first-order valence-electron chi connectivity index (χ1n) is 41.9. The average molecular weight is 1920 g/mol. The number of nitrogens with two attached hydrogens (primary N) is 5. The van der Waals surface area contributed by atoms with Crippen molar-refractivity contribution in [1.82, 2.24) is 95.3 Å². The molecule has 0 saturated carbocycles. The molecular weight excluding hydrogens is 1800 g/mol. The Morgan fingerprint density at radius 1 is 0.485 bits per heavy atom. The number of fused-ring (bicyclic) bond motifs is 6. The van der Waals surface area contributed by atoms with E-state index in [-0.39, 0.29) is 93.3 Å². The zero-order valence-electron chi connectivity index (χ0n) is 72.9. The van der Waals surface area contributed by atoms with Gasteiger partial charge >= 0.3 is 11.9 Å². The van der Waals surface area contributed by atoms with E-state index in [0.29, 0.717) is 22.3 Å². The van der Waals surface area contributed by atoms with Crippen molar-refractivity contribution in [3.8, 4) is 0 Å². The number of carboxylic acids is 2. The largest absolute Gasteiger partial charge is 0.481 e. The van der Waals surface area contributed by atoms with E-state index in [0.717, 1.165) is 47.1 Å². The second-order valence-corrected chi connectivity index (χ2v) is 34.6. The van der Waals surface area contributed by atoms with Crippen molar-refractivity contribution in [2.75, 3.05) is 63.3 Å². The van der Waals surface area contributed by atoms with Gasteiger partial charge in [-0.05, 0) is 87.0 Å². The van der Waals surface area contributed by atoms with E-state index in [1.54, 1.807) is 48.5 Å². The molecule has 0 radical (unpaired) electrons. The van der Waals surface area contributed by atoms with Crippen molar-refractivity contribution in [1.29, 1.82) is 10.8 Å². The molecule has 4 bridgehead atoms. The number of hydrogen-bond acceptors (Lipinski definition) is 29. The Morgan fingerprint density at radius 3 is 1.41 bits per heavy atom. The average Bonchev–Trinajstić information content (AvgIpc) is 1.64. The molecule has 2 aromatic carbocycles. The van der Waals surface area contributed by atoms with Gasteiger partial charge in [-0.3, -0.25) is 107 Å². The van der Waals surface area contributed by atoms with Crippen LogP contribution in [0, 0.1) is 16.7 Å². The number of nitrogens with zero attached hydrogens (tertiary/aromatic N) is 1. The number of aliphatic hydroxyl groups is 3. The van der Waals surface area contributed by atoms with Crippen LogP contribution in [0.25, 0.3) is 0 Å². The zero-order chi connectivity index (χ0) is 98.2. The first kappa shape index (κ1) is 110. The molecule has 0 aromatic heterocycles. The number of primary amides is 2. The minimum absolute atomic E-state index is 0.0645. The third-order valence-electron chi connectivity index (χ3n) is 20.3. The molecule has 0 aliphatic carbocycles. The van der Waals surface area contributed by atoms with Gasteiger partial charge in [-0.15, -0.1) is 0 Å². The molecule has 1 fully saturated rings. The van der Waals surface area contributed by atoms with Gasteiger partial charge in [-0.25, -0.2) is 0 Å². The van der Waals surface area contributed by atoms with E-state index in [1.807, 2.05) is 0 Å². The van der Waals surface area contributed by atoms with Gasteiger partial charge in [-0.1, -0.05) is 62.4 Å². The third-order valence-corrected chi connectivity index (χ3v) is 23.6. The van der Waals surface area contributed by atoms with E-state index in [4.69, 9.17) is 39.5 Å². The quantitative estimate of drug-likeness (QED) is 0.0236. The number of aliphatic hydroxyl groups excluding tert-OH is 3. The minimum Gasteiger partial charge on any atom is -0.481 e. The SMILES string of the molecule is CC(C)[C@@H]1NC(=O)[C@@H]2CCCN2C(=O)[C@@H]2CSCc3cc(cc(c3)CSC[C@@H](C(=O)NCC(N)=O)NC(=O)[C@@H](C)NC(=O)[C@H](CO)NC(=O)[C@H](CCC(=O)O)NC(=O)[C@H](CO)NC1=O)CSC[C@H](NC(=O)[C@H](C)N)C(=O)N[C@@H](CO)C(=O)N[C@@H](CC(=O)O)C(=O)N[C@@H](CCCNC(=N)N)C(=O)N[C@@H](Cc1ccccc1)C(=O)N[C@@H](CCCNC(=N)N)C(=O)N[C@@H](CC(N)=O)C(=O)N2. The summed E-state index contributed by atoms with van der Waals surface area (Å²) in [6, 6.07) is -15.4. The van der Waals surface area contributed by atoms with Crippen LogP contribution in [0.5, 0.6) is 0 Å². The fourth-order valence-electron chi connectivity index (χ4n) is 13.4. The molecule has 16 atom stereocenters. The Labute approximate surface area is 770 Å². The highest BCUT2D eigenvalue weighted by atomic mass is 32.2. The Morgan fingerprint density at radius 2 is 0.924 bits per heavy atom. The first-order chi connectivity index (χ1) is 62.4. The number of carboxylic acid groups (broad SMARTS) is 2. The van der Waals surface area contributed by atoms with Gasteiger partial charge in [0.1, 0.15) is 90.6 Å². The molecule has 0 spiro atoms. The molecule has 132 heavy (non-hydrogen) atoms. The fraction of sp³-hybridized carbons (Fsp3) is 0.570. The van der Waals surface area contributed by atoms with Crippen LogP contribution in [0.15, 0.2) is 48.5 Å². The summed E-state index contributed by atoms with van der Waals surface area (Å²) >= 11 is 2.97. The Bertz CT molecular complexity index is 4480. The second-order valence-electron chi connectivity index (χ2n) is 31.5. The fourth-order valence-corrected chi connectivity index (χ4v) is 16.3. The van der Waals surface area contributed by atoms with Crippen LogP contribution in [0.4, 0.5) is 0 Å². The zero-order valence-corrected chi connectivity index (χ0v) is 75.3. The van der Waals surface area contributed by atoms with Crippen LogP contribution in [-0.2, 0) is 120 Å². The maximum atomic E-state index is 15.7. The molecule has 2 aromatic rings. The highest BCUT2D eigenvalue weighted by Gasteiger charge is 2.43. The first-order valence-corrected chi connectivity index (χ1v) is 45.4. The molecule has 3 aliphatic rings. The van der Waals surface area contributed by atoms with Crippen LogP contribution in [0.3, 0.4) is 0 Å². The number of rotatable bonds is 26. The summed E-state index contributed by atoms with van der Waals surface area (Å²) < 4.78 is 0. The Hall–Kier alpha value is -12.7. The monoisotopic (exact) mass is 1910 g/mol. The lowest BCUT2D eigenvalue weighted by molar-refractivity contribution is -0.142. The van der Waals surface area contributed by atoms with Crippen molar-refractivity contribution < 1.29 is 121 Å². The van der Waals surface area contributed by atoms with Crippen LogP contribution >= 0.6 is 35.3 Å². The number of benzene rings is 2. The standard InChI is InChI=1S/C79H119N25O25S3/c1-37(2)61-76(128)99-52(30-107)72(124)93-46(16-17-59(110)111)67(119)97-50(28-105)71(123)90-39(4)63(115)101-53(64(116)89-27-58(82)109)34-130-31-41-21-42-23-43(22-41)33-132-36-55(77(129)104-20-10-15-56(104)75(127)103-61)102-69(121)48(25-57(81)108)95-66(118)45(14-9-19-88-79(85)86)91-68(120)47(24-40-11-6-5-7-12-40)94-65(117)44(13-8-18-87-78(83)84)92-70(122)49(26-60(112)113)96-73(125)51(29-106)98-74(126)54(35-131-32-42)100-62(114)38(3)80/h5-7,11-12,21-23,37-39,44-56,61,105-107H,8-10,13-20,24-36,80H2,1-4H3,(H2,81,108)(H2,82,109)(H,89,116)(H,90,123)(H,91,120)(H,92,122)(H,93,124)(H,94,117)(H,95,118)(H,96,125)(H,97,119)(H,98,126)(H,99,128)(H,100,114)(H,101,115)(H,102,121)(H,103,127)(H,110,111)(H,112,113)(H4,83,84,87)(H4,85,86,88)/t38-,39+,44-,45-,46-,47-,48-,49-,50-,51-,52-,53-,54-,55-,56-,61-/m0/s1. The topological polar surface area (TPSA) is 828 Å². The molecule has 1 saturated heterocycles. The van der Waals surface area contributed by atoms with Gasteiger partial charge in [-0.2, -0.15) is 35.3 Å². The number of carbonyl (C=O) groups excluding carboxylic acids is 18. The lowest BCUT2D eigenvalue weighted by atomic mass is 10.0. The van der Waals surface area contributed by atoms with Crippen LogP contribution in [0.1, 0.15) is 114 Å². The van der Waals surface area contributed by atoms with Gasteiger partial charge in [0.15, 0.2) is 11.9 Å². The summed E-state index contributed by atoms with van der Waals surface area (Å²) in [5.74, 6) is -27.2. The number of thioether (sulfide) groups is 3. The molecule has 34 N–H and O–H groups in total. The maximum Gasteiger partial charge on any atom is 0.305 e. The number of hydrogen-bond donors (Lipinski definition) is 29. The van der Waals surface area contributed by atoms with Crippen molar-refractivity contribution in [3.63, 3.8) is 0 Å². The van der Waals surface area contributed by atoms with Gasteiger partial charge in [0.05, 0.1) is 45.2 Å². The van der Waals surface area contributed by atoms with Gasteiger partial charge in [0.25, 0.3) is 0 Å². The summed E-state index contributed by atoms with van der Waals surface area (Å²) in [7, 11) is 0. The summed E-state index contributed by atoms with van der Waals surface area (Å²) in [6.07, 6.45) is -5.13. The molecular formula is C79H119N25O25S3. The van der Waals surface area contributed by atoms with E-state index in [9.17, 15) is 102 Å². The molecule has 18 amide bonds. The van der Waals surface area contributed by atoms with Crippen molar-refractivity contribution >= 4 is 165 Å². The molecule has 0 unspecified atom stereocenters. The molecule has 3 heterocycles. The second kappa shape index (κ2) is 55.4. The Balaban J connectivity index is 1.79. The van der Waals surface area contributed by atoms with Gasteiger partial charge in [0.2, 0.25) is 106 Å². The third kappa shape index (κ3) is 37.6. The Kier molecular flexibility index (Phi) is 46.1. The van der Waals surface area contributed by atoms with E-state index >= 15 is 19.2 Å². The highest BCUT2D eigenvalue weighted by molar-refractivity contribution is 7.99. The van der Waals surface area contributed by atoms with E-state index < -0.39 is 291 Å². The van der Waals surface area contributed by atoms with E-state index in [1.165, 1.54) is 20.8 Å². The van der Waals surface area contributed by atoms with Crippen molar-refractivity contribution in [3.05, 3.63) is 70.8 Å². The highest BCUT2D eigenvalue weighted by Crippen LogP contribution is 2.27. The lowest BCUT2D eigenvalue weighted by Gasteiger charge is -2.31. The number of aliphatic carboxylic acids is 2. The van der Waals surface area contributed by atoms with Crippen molar-refractivity contribution in [2.24, 2.45) is 34.6 Å². The van der Waals surface area contributed by atoms with Gasteiger partial charge < -0.3 is 149 Å². The molecule has 728 valence electrons. The maximum absolute atomic E-state index is 15.7. The van der Waals surface area contributed by atoms with Crippen LogP contribution in [0.2, 0.25) is 0 Å². The predicted octanol–water partition coefficient (Wildman–Crippen LogP) is -11.2. The van der Waals surface area contributed by atoms with Crippen LogP contribution in [-0.4, -0.2) is 321 Å². The molecule has 53 heteroatoms. The summed E-state index contributed by atoms with van der Waals surface area (Å²) in [5, 5.41) is 108. The number of amides is 18. The van der Waals surface area contributed by atoms with Crippen LogP contribution < -0.4 is 119 Å².